The summed E-state index contributed by atoms with van der Waals surface area (Å²) in [5, 5.41) is 7.62. The van der Waals surface area contributed by atoms with E-state index in [1.165, 1.54) is 12.8 Å². The van der Waals surface area contributed by atoms with Crippen LogP contribution in [0.3, 0.4) is 0 Å². The minimum atomic E-state index is 0. The maximum atomic E-state index is 4.29. The summed E-state index contributed by atoms with van der Waals surface area (Å²) in [4.78, 5) is 0. The van der Waals surface area contributed by atoms with Gasteiger partial charge in [-0.3, -0.25) is 0 Å². The largest absolute Gasteiger partial charge is 3.00 e. The molecular weight excluding hydrogens is 278 g/mol. The maximum absolute atomic E-state index is 4.29. The van der Waals surface area contributed by atoms with Gasteiger partial charge in [0, 0.05) is 0 Å². The Hall–Kier alpha value is 1.50. The van der Waals surface area contributed by atoms with E-state index >= 15 is 0 Å². The minimum Gasteiger partial charge on any atom is -0.662 e. The van der Waals surface area contributed by atoms with Crippen LogP contribution in [0.25, 0.3) is 5.32 Å². The molecule has 1 heterocycles. The molecule has 1 saturated heterocycles. The smallest absolute Gasteiger partial charge is 0.662 e. The molecule has 0 aliphatic carbocycles. The summed E-state index contributed by atoms with van der Waals surface area (Å²) in [6.45, 7) is 4.44. The molecule has 1 rings (SSSR count). The summed E-state index contributed by atoms with van der Waals surface area (Å²) >= 11 is 0. The van der Waals surface area contributed by atoms with Gasteiger partial charge >= 0.3 is 21.7 Å². The molecule has 1 N–H and O–H groups in total. The molecule has 0 atom stereocenters. The summed E-state index contributed by atoms with van der Waals surface area (Å²) in [7, 11) is 0. The van der Waals surface area contributed by atoms with Crippen molar-refractivity contribution in [3.8, 4) is 0 Å². The van der Waals surface area contributed by atoms with E-state index in [0.717, 1.165) is 26.2 Å². The molecule has 0 unspecified atom stereocenters. The monoisotopic (exact) mass is 299 g/mol. The molecule has 14 heavy (non-hydrogen) atoms. The topological polar surface area (TPSA) is 26.1 Å². The van der Waals surface area contributed by atoms with E-state index in [4.69, 9.17) is 0 Å². The van der Waals surface area contributed by atoms with E-state index in [2.05, 4.69) is 10.6 Å². The molecule has 0 aromatic rings. The van der Waals surface area contributed by atoms with Crippen LogP contribution in [0.5, 0.6) is 0 Å². The quantitative estimate of drug-likeness (QED) is 0.540. The first kappa shape index (κ1) is 36.1. The van der Waals surface area contributed by atoms with Gasteiger partial charge in [-0.15, -0.1) is 50.3 Å². The van der Waals surface area contributed by atoms with Gasteiger partial charge in [-0.05, 0) is 13.1 Å². The fourth-order valence-electron chi connectivity index (χ4n) is 0.869. The summed E-state index contributed by atoms with van der Waals surface area (Å²) in [5.41, 5.74) is 0. The Balaban J connectivity index is -0.0000000267. The molecule has 0 saturated carbocycles. The van der Waals surface area contributed by atoms with Crippen LogP contribution >= 0.6 is 37.2 Å². The van der Waals surface area contributed by atoms with Crippen LogP contribution in [0.15, 0.2) is 0 Å². The summed E-state index contributed by atoms with van der Waals surface area (Å²) in [6, 6.07) is 0. The number of nitrogens with zero attached hydrogens (tertiary/aromatic N) is 1. The van der Waals surface area contributed by atoms with Crippen molar-refractivity contribution in [3.63, 3.8) is 0 Å². The number of nitrogens with one attached hydrogen (secondary N) is 1. The second kappa shape index (κ2) is 29.3. The van der Waals surface area contributed by atoms with Crippen LogP contribution in [-0.4, -0.2) is 26.2 Å². The Morgan fingerprint density at radius 3 is 1.50 bits per heavy atom. The van der Waals surface area contributed by atoms with Crippen molar-refractivity contribution in [3.05, 3.63) is 20.2 Å². The Labute approximate surface area is 123 Å². The third-order valence-electron chi connectivity index (χ3n) is 1.34. The van der Waals surface area contributed by atoms with Crippen molar-refractivity contribution in [1.29, 1.82) is 0 Å². The number of halogens is 3. The third kappa shape index (κ3) is 23.4. The molecule has 1 fully saturated rings. The molecule has 1 aliphatic rings. The molecule has 6 heteroatoms. The Kier molecular flexibility index (Phi) is 75.5. The minimum absolute atomic E-state index is 0. The van der Waals surface area contributed by atoms with Gasteiger partial charge in [0.25, 0.3) is 0 Å². The average molecular weight is 301 g/mol. The van der Waals surface area contributed by atoms with Gasteiger partial charge < -0.3 is 25.5 Å². The van der Waals surface area contributed by atoms with Crippen molar-refractivity contribution in [2.24, 2.45) is 0 Å². The summed E-state index contributed by atoms with van der Waals surface area (Å²) in [5.74, 6) is 0. The fourth-order valence-corrected chi connectivity index (χ4v) is 0.869. The van der Waals surface area contributed by atoms with E-state index in [9.17, 15) is 0 Å². The second-order valence-electron chi connectivity index (χ2n) is 2.13. The van der Waals surface area contributed by atoms with Crippen LogP contribution in [0.1, 0.15) is 12.8 Å². The predicted octanol–water partition coefficient (Wildman–Crippen LogP) is 2.91. The van der Waals surface area contributed by atoms with E-state index in [1.54, 1.807) is 0 Å². The molecule has 1 aliphatic heterocycles. The Morgan fingerprint density at radius 1 is 0.786 bits per heavy atom. The van der Waals surface area contributed by atoms with Crippen molar-refractivity contribution in [1.82, 2.24) is 5.32 Å². The number of rotatable bonds is 0. The van der Waals surface area contributed by atoms with Crippen LogP contribution in [0.4, 0.5) is 0 Å². The zero-order valence-electron chi connectivity index (χ0n) is 8.91. The Bertz CT molecular complexity index is 46.5. The second-order valence-corrected chi connectivity index (χ2v) is 2.13. The van der Waals surface area contributed by atoms with Crippen LogP contribution in [-0.2, 0) is 21.7 Å². The zero-order chi connectivity index (χ0) is 5.66. The van der Waals surface area contributed by atoms with Gasteiger partial charge in [0.15, 0.2) is 0 Å². The molecule has 0 spiro atoms. The SMILES string of the molecule is C1C[N-]CCCNC1.Cl.Cl.Cl.[CH3-].[CH3-].[Ti+3]. The van der Waals surface area contributed by atoms with Gasteiger partial charge in [0.2, 0.25) is 0 Å². The third-order valence-corrected chi connectivity index (χ3v) is 1.34. The van der Waals surface area contributed by atoms with Crippen molar-refractivity contribution in [2.75, 3.05) is 26.2 Å². The molecule has 0 bridgehead atoms. The summed E-state index contributed by atoms with van der Waals surface area (Å²) in [6.07, 6.45) is 2.44. The first-order valence-electron chi connectivity index (χ1n) is 3.34. The van der Waals surface area contributed by atoms with E-state index in [1.807, 2.05) is 0 Å². The van der Waals surface area contributed by atoms with Gasteiger partial charge in [-0.1, -0.05) is 12.8 Å². The van der Waals surface area contributed by atoms with E-state index in [0.29, 0.717) is 0 Å². The molecule has 89 valence electrons. The van der Waals surface area contributed by atoms with E-state index in [-0.39, 0.29) is 73.8 Å². The van der Waals surface area contributed by atoms with Crippen molar-refractivity contribution >= 4 is 37.2 Å². The van der Waals surface area contributed by atoms with Crippen LogP contribution in [0.2, 0.25) is 0 Å². The van der Waals surface area contributed by atoms with E-state index < -0.39 is 0 Å². The predicted molar refractivity (Wildman–Crippen MR) is 69.8 cm³/mol. The number of hydrogen-bond donors (Lipinski definition) is 1. The van der Waals surface area contributed by atoms with Gasteiger partial charge in [-0.25, -0.2) is 0 Å². The number of hydrogen-bond acceptors (Lipinski definition) is 1. The van der Waals surface area contributed by atoms with Crippen molar-refractivity contribution in [2.45, 2.75) is 12.8 Å². The van der Waals surface area contributed by atoms with Gasteiger partial charge in [0.1, 0.15) is 0 Å². The first-order valence-corrected chi connectivity index (χ1v) is 3.34. The van der Waals surface area contributed by atoms with Crippen LogP contribution in [0, 0.1) is 14.9 Å². The summed E-state index contributed by atoms with van der Waals surface area (Å²) < 4.78 is 0. The molecule has 2 nitrogen and oxygen atoms in total. The molecule has 1 radical (unpaired) electrons. The maximum Gasteiger partial charge on any atom is 3.00 e. The van der Waals surface area contributed by atoms with Crippen molar-refractivity contribution < 1.29 is 21.7 Å². The zero-order valence-corrected chi connectivity index (χ0v) is 12.9. The van der Waals surface area contributed by atoms with Crippen LogP contribution < -0.4 is 5.32 Å². The standard InChI is InChI=1S/C6H13N2.2CH3.3ClH.Ti/c1-3-7-5-2-6-8-4-1;;;;;;/h7H,1-6H2;2*1H3;3*1H;/q3*-1;;;;+3. The average Bonchev–Trinajstić information content (AvgIpc) is 1.62. The fraction of sp³-hybridized carbons (Fsp3) is 0.750. The normalized spacial score (nSPS) is 13.7. The molecule has 0 aromatic carbocycles. The molecule has 0 amide bonds. The van der Waals surface area contributed by atoms with Gasteiger partial charge in [-0.2, -0.15) is 0 Å². The van der Waals surface area contributed by atoms with Gasteiger partial charge in [0.05, 0.1) is 0 Å². The first-order chi connectivity index (χ1) is 4.00. The Morgan fingerprint density at radius 2 is 1.14 bits per heavy atom. The molecule has 0 aromatic heterocycles. The molecular formula is C8H22Cl3N2Ti.